The number of benzene rings is 2. The van der Waals surface area contributed by atoms with Gasteiger partial charge in [-0.25, -0.2) is 4.98 Å². The van der Waals surface area contributed by atoms with E-state index in [1.165, 1.54) is 0 Å². The standard InChI is InChI=1S/C26H27N3O/c1-18-6-15-26(30-18)21-16-24(19-7-11-22(12-8-19)28(2)3)27-25(17-21)20-9-13-23(14-10-20)29(4)5/h6-17H,1-5H3. The van der Waals surface area contributed by atoms with Crippen molar-refractivity contribution in [2.45, 2.75) is 6.92 Å². The Kier molecular flexibility index (Phi) is 5.32. The average molecular weight is 398 g/mol. The highest BCUT2D eigenvalue weighted by atomic mass is 16.3. The first-order valence-electron chi connectivity index (χ1n) is 10.0. The normalized spacial score (nSPS) is 10.8. The summed E-state index contributed by atoms with van der Waals surface area (Å²) in [6.07, 6.45) is 0. The molecule has 0 spiro atoms. The Balaban J connectivity index is 1.82. The highest BCUT2D eigenvalue weighted by Crippen LogP contribution is 2.32. The van der Waals surface area contributed by atoms with Crippen LogP contribution in [0.2, 0.25) is 0 Å². The molecule has 0 N–H and O–H groups in total. The lowest BCUT2D eigenvalue weighted by molar-refractivity contribution is 0.548. The van der Waals surface area contributed by atoms with Crippen LogP contribution in [0.4, 0.5) is 11.4 Å². The zero-order chi connectivity index (χ0) is 21.3. The number of anilines is 2. The Bertz CT molecular complexity index is 1070. The summed E-state index contributed by atoms with van der Waals surface area (Å²) in [7, 11) is 8.18. The minimum absolute atomic E-state index is 0.854. The van der Waals surface area contributed by atoms with Crippen LogP contribution in [0.3, 0.4) is 0 Å². The van der Waals surface area contributed by atoms with Gasteiger partial charge in [0.15, 0.2) is 0 Å². The van der Waals surface area contributed by atoms with Gasteiger partial charge >= 0.3 is 0 Å². The molecular formula is C26H27N3O. The number of aromatic nitrogens is 1. The zero-order valence-corrected chi connectivity index (χ0v) is 18.2. The molecule has 4 aromatic rings. The Morgan fingerprint density at radius 1 is 0.600 bits per heavy atom. The smallest absolute Gasteiger partial charge is 0.134 e. The van der Waals surface area contributed by atoms with Crippen LogP contribution in [-0.2, 0) is 0 Å². The minimum Gasteiger partial charge on any atom is -0.461 e. The molecule has 0 aliphatic heterocycles. The van der Waals surface area contributed by atoms with Crippen LogP contribution in [0.5, 0.6) is 0 Å². The second-order valence-corrected chi connectivity index (χ2v) is 7.92. The topological polar surface area (TPSA) is 32.5 Å². The molecule has 2 aromatic heterocycles. The van der Waals surface area contributed by atoms with E-state index in [0.717, 1.165) is 51.0 Å². The maximum atomic E-state index is 5.91. The van der Waals surface area contributed by atoms with Gasteiger partial charge in [0, 0.05) is 56.3 Å². The molecule has 0 saturated carbocycles. The maximum Gasteiger partial charge on any atom is 0.134 e. The Morgan fingerprint density at radius 2 is 1.07 bits per heavy atom. The first kappa shape index (κ1) is 19.8. The van der Waals surface area contributed by atoms with Crippen LogP contribution >= 0.6 is 0 Å². The van der Waals surface area contributed by atoms with Crippen molar-refractivity contribution in [3.05, 3.63) is 78.6 Å². The van der Waals surface area contributed by atoms with Crippen molar-refractivity contribution in [3.63, 3.8) is 0 Å². The molecule has 2 aromatic carbocycles. The molecule has 4 nitrogen and oxygen atoms in total. The maximum absolute atomic E-state index is 5.91. The van der Waals surface area contributed by atoms with E-state index in [9.17, 15) is 0 Å². The van der Waals surface area contributed by atoms with Crippen LogP contribution in [0, 0.1) is 6.92 Å². The van der Waals surface area contributed by atoms with Gasteiger partial charge in [-0.1, -0.05) is 24.3 Å². The molecule has 0 amide bonds. The molecule has 0 fully saturated rings. The van der Waals surface area contributed by atoms with Gasteiger partial charge < -0.3 is 14.2 Å². The number of hydrogen-bond acceptors (Lipinski definition) is 4. The Hall–Kier alpha value is -3.53. The molecule has 4 rings (SSSR count). The predicted molar refractivity (Wildman–Crippen MR) is 126 cm³/mol. The van der Waals surface area contributed by atoms with E-state index in [-0.39, 0.29) is 0 Å². The number of rotatable bonds is 5. The number of pyridine rings is 1. The summed E-state index contributed by atoms with van der Waals surface area (Å²) in [5.41, 5.74) is 7.37. The van der Waals surface area contributed by atoms with Gasteiger partial charge in [-0.2, -0.15) is 0 Å². The summed E-state index contributed by atoms with van der Waals surface area (Å²) in [5, 5.41) is 0. The molecule has 0 radical (unpaired) electrons. The molecule has 0 saturated heterocycles. The first-order chi connectivity index (χ1) is 14.4. The van der Waals surface area contributed by atoms with Crippen molar-refractivity contribution >= 4 is 11.4 Å². The summed E-state index contributed by atoms with van der Waals surface area (Å²) < 4.78 is 5.91. The lowest BCUT2D eigenvalue weighted by Crippen LogP contribution is -2.08. The summed E-state index contributed by atoms with van der Waals surface area (Å²) in [6, 6.07) is 25.1. The molecule has 0 atom stereocenters. The van der Waals surface area contributed by atoms with Crippen molar-refractivity contribution in [2.75, 3.05) is 38.0 Å². The van der Waals surface area contributed by atoms with Gasteiger partial charge in [-0.3, -0.25) is 0 Å². The van der Waals surface area contributed by atoms with Crippen molar-refractivity contribution in [1.82, 2.24) is 4.98 Å². The second-order valence-electron chi connectivity index (χ2n) is 7.92. The van der Waals surface area contributed by atoms with E-state index in [2.05, 4.69) is 70.5 Å². The van der Waals surface area contributed by atoms with Gasteiger partial charge in [0.2, 0.25) is 0 Å². The van der Waals surface area contributed by atoms with Crippen molar-refractivity contribution in [2.24, 2.45) is 0 Å². The third-order valence-electron chi connectivity index (χ3n) is 5.21. The highest BCUT2D eigenvalue weighted by Gasteiger charge is 2.11. The molecule has 30 heavy (non-hydrogen) atoms. The predicted octanol–water partition coefficient (Wildman–Crippen LogP) is 6.12. The molecule has 2 heterocycles. The van der Waals surface area contributed by atoms with E-state index in [1.54, 1.807) is 0 Å². The molecule has 0 unspecified atom stereocenters. The fraction of sp³-hybridized carbons (Fsp3) is 0.192. The summed E-state index contributed by atoms with van der Waals surface area (Å²) in [6.45, 7) is 1.96. The van der Waals surface area contributed by atoms with Crippen LogP contribution in [0.1, 0.15) is 5.76 Å². The van der Waals surface area contributed by atoms with Gasteiger partial charge in [0.05, 0.1) is 11.4 Å². The highest BCUT2D eigenvalue weighted by molar-refractivity contribution is 5.76. The van der Waals surface area contributed by atoms with E-state index in [1.807, 2.05) is 47.2 Å². The molecule has 4 heteroatoms. The lowest BCUT2D eigenvalue weighted by atomic mass is 10.0. The SMILES string of the molecule is Cc1ccc(-c2cc(-c3ccc(N(C)C)cc3)nc(-c3ccc(N(C)C)cc3)c2)o1. The largest absolute Gasteiger partial charge is 0.461 e. The van der Waals surface area contributed by atoms with Crippen molar-refractivity contribution < 1.29 is 4.42 Å². The van der Waals surface area contributed by atoms with Gasteiger partial charge in [0.25, 0.3) is 0 Å². The Labute approximate surface area is 178 Å². The average Bonchev–Trinajstić information content (AvgIpc) is 3.20. The Morgan fingerprint density at radius 3 is 1.43 bits per heavy atom. The molecule has 0 aliphatic carbocycles. The fourth-order valence-corrected chi connectivity index (χ4v) is 3.42. The molecule has 152 valence electrons. The van der Waals surface area contributed by atoms with E-state index in [4.69, 9.17) is 9.40 Å². The first-order valence-corrected chi connectivity index (χ1v) is 10.0. The van der Waals surface area contributed by atoms with E-state index >= 15 is 0 Å². The van der Waals surface area contributed by atoms with Crippen LogP contribution in [0.25, 0.3) is 33.8 Å². The van der Waals surface area contributed by atoms with E-state index < -0.39 is 0 Å². The van der Waals surface area contributed by atoms with Crippen molar-refractivity contribution in [1.29, 1.82) is 0 Å². The third-order valence-corrected chi connectivity index (χ3v) is 5.21. The number of nitrogens with zero attached hydrogens (tertiary/aromatic N) is 3. The zero-order valence-electron chi connectivity index (χ0n) is 18.2. The number of furan rings is 1. The quantitative estimate of drug-likeness (QED) is 0.406. The molecule has 0 bridgehead atoms. The summed E-state index contributed by atoms with van der Waals surface area (Å²) >= 11 is 0. The third kappa shape index (κ3) is 4.08. The summed E-state index contributed by atoms with van der Waals surface area (Å²) in [4.78, 5) is 9.17. The van der Waals surface area contributed by atoms with Gasteiger partial charge in [0.1, 0.15) is 11.5 Å². The summed E-state index contributed by atoms with van der Waals surface area (Å²) in [5.74, 6) is 1.75. The van der Waals surface area contributed by atoms with E-state index in [0.29, 0.717) is 0 Å². The van der Waals surface area contributed by atoms with Crippen LogP contribution < -0.4 is 9.80 Å². The molecular weight excluding hydrogens is 370 g/mol. The molecule has 0 aliphatic rings. The van der Waals surface area contributed by atoms with Crippen molar-refractivity contribution in [3.8, 4) is 33.8 Å². The second kappa shape index (κ2) is 8.07. The minimum atomic E-state index is 0.854. The monoisotopic (exact) mass is 397 g/mol. The van der Waals surface area contributed by atoms with Gasteiger partial charge in [-0.05, 0) is 55.5 Å². The van der Waals surface area contributed by atoms with Crippen LogP contribution in [0.15, 0.2) is 77.2 Å². The van der Waals surface area contributed by atoms with Crippen LogP contribution in [-0.4, -0.2) is 33.2 Å². The number of hydrogen-bond donors (Lipinski definition) is 0. The van der Waals surface area contributed by atoms with Gasteiger partial charge in [-0.15, -0.1) is 0 Å². The number of aryl methyl sites for hydroxylation is 1. The lowest BCUT2D eigenvalue weighted by Gasteiger charge is -2.14. The fourth-order valence-electron chi connectivity index (χ4n) is 3.42.